The lowest BCUT2D eigenvalue weighted by atomic mass is 10.0. The minimum absolute atomic E-state index is 0.106. The van der Waals surface area contributed by atoms with E-state index < -0.39 is 0 Å². The van der Waals surface area contributed by atoms with Crippen molar-refractivity contribution in [3.63, 3.8) is 0 Å². The molecule has 2 aromatic rings. The summed E-state index contributed by atoms with van der Waals surface area (Å²) in [6.07, 6.45) is 9.29. The van der Waals surface area contributed by atoms with Crippen LogP contribution in [-0.2, 0) is 4.79 Å². The molecular weight excluding hydrogens is 362 g/mol. The topological polar surface area (TPSA) is 70.2 Å². The van der Waals surface area contributed by atoms with E-state index in [-0.39, 0.29) is 5.91 Å². The largest absolute Gasteiger partial charge is 0.356 e. The quantitative estimate of drug-likeness (QED) is 0.690. The van der Waals surface area contributed by atoms with E-state index >= 15 is 0 Å². The molecule has 154 valence electrons. The molecule has 6 nitrogen and oxygen atoms in total. The molecule has 0 unspecified atom stereocenters. The number of anilines is 4. The van der Waals surface area contributed by atoms with Gasteiger partial charge in [0.2, 0.25) is 11.9 Å². The van der Waals surface area contributed by atoms with Crippen LogP contribution in [0.4, 0.5) is 23.1 Å². The molecule has 2 N–H and O–H groups in total. The van der Waals surface area contributed by atoms with Gasteiger partial charge in [0.15, 0.2) is 0 Å². The first-order chi connectivity index (χ1) is 14.2. The van der Waals surface area contributed by atoms with Gasteiger partial charge in [-0.25, -0.2) is 4.98 Å². The molecule has 2 aliphatic rings. The maximum Gasteiger partial charge on any atom is 0.229 e. The minimum atomic E-state index is 0.106. The van der Waals surface area contributed by atoms with E-state index in [9.17, 15) is 4.79 Å². The highest BCUT2D eigenvalue weighted by Crippen LogP contribution is 2.28. The van der Waals surface area contributed by atoms with Crippen LogP contribution in [-0.4, -0.2) is 29.0 Å². The van der Waals surface area contributed by atoms with Crippen LogP contribution >= 0.6 is 0 Å². The van der Waals surface area contributed by atoms with Crippen molar-refractivity contribution in [3.8, 4) is 0 Å². The van der Waals surface area contributed by atoms with Gasteiger partial charge in [-0.15, -0.1) is 0 Å². The molecule has 1 aromatic carbocycles. The number of aryl methyl sites for hydroxylation is 1. The second-order valence-corrected chi connectivity index (χ2v) is 8.32. The van der Waals surface area contributed by atoms with E-state index in [1.807, 2.05) is 37.3 Å². The van der Waals surface area contributed by atoms with Gasteiger partial charge in [0.1, 0.15) is 5.82 Å². The molecule has 1 saturated heterocycles. The Hall–Kier alpha value is -2.63. The van der Waals surface area contributed by atoms with E-state index in [0.29, 0.717) is 12.4 Å². The molecule has 0 spiro atoms. The first-order valence-corrected chi connectivity index (χ1v) is 10.9. The predicted octanol–water partition coefficient (Wildman–Crippen LogP) is 5.04. The fourth-order valence-corrected chi connectivity index (χ4v) is 4.34. The zero-order valence-corrected chi connectivity index (χ0v) is 17.3. The Kier molecular flexibility index (Phi) is 6.27. The van der Waals surface area contributed by atoms with Crippen LogP contribution < -0.4 is 15.5 Å². The summed E-state index contributed by atoms with van der Waals surface area (Å²) < 4.78 is 0. The van der Waals surface area contributed by atoms with Gasteiger partial charge in [-0.2, -0.15) is 4.98 Å². The van der Waals surface area contributed by atoms with Crippen molar-refractivity contribution >= 4 is 29.0 Å². The molecule has 1 aromatic heterocycles. The van der Waals surface area contributed by atoms with Crippen LogP contribution in [0.1, 0.15) is 57.1 Å². The average molecular weight is 394 g/mol. The van der Waals surface area contributed by atoms with Crippen LogP contribution in [0.5, 0.6) is 0 Å². The van der Waals surface area contributed by atoms with E-state index in [4.69, 9.17) is 0 Å². The highest BCUT2D eigenvalue weighted by atomic mass is 16.1. The number of hydrogen-bond acceptors (Lipinski definition) is 5. The van der Waals surface area contributed by atoms with Crippen molar-refractivity contribution in [2.75, 3.05) is 28.6 Å². The third kappa shape index (κ3) is 5.46. The summed E-state index contributed by atoms with van der Waals surface area (Å²) in [6, 6.07) is 9.79. The third-order valence-corrected chi connectivity index (χ3v) is 5.95. The van der Waals surface area contributed by atoms with E-state index in [2.05, 4.69) is 25.5 Å². The number of amides is 1. The van der Waals surface area contributed by atoms with Gasteiger partial charge in [0.05, 0.1) is 0 Å². The lowest BCUT2D eigenvalue weighted by molar-refractivity contribution is -0.116. The Morgan fingerprint density at radius 2 is 1.72 bits per heavy atom. The van der Waals surface area contributed by atoms with Crippen LogP contribution in [0, 0.1) is 12.8 Å². The van der Waals surface area contributed by atoms with Gasteiger partial charge in [-0.05, 0) is 56.4 Å². The first-order valence-electron chi connectivity index (χ1n) is 10.9. The van der Waals surface area contributed by atoms with Gasteiger partial charge in [0.25, 0.3) is 0 Å². The molecule has 2 fully saturated rings. The number of rotatable bonds is 7. The van der Waals surface area contributed by atoms with Gasteiger partial charge in [-0.3, -0.25) is 4.79 Å². The third-order valence-electron chi connectivity index (χ3n) is 5.95. The Bertz CT molecular complexity index is 824. The Morgan fingerprint density at radius 3 is 2.45 bits per heavy atom. The summed E-state index contributed by atoms with van der Waals surface area (Å²) >= 11 is 0. The number of nitrogens with zero attached hydrogens (tertiary/aromatic N) is 3. The predicted molar refractivity (Wildman–Crippen MR) is 118 cm³/mol. The number of carbonyl (C=O) groups is 1. The summed E-state index contributed by atoms with van der Waals surface area (Å²) in [5, 5.41) is 6.30. The fraction of sp³-hybridized carbons (Fsp3) is 0.522. The number of benzene rings is 1. The lowest BCUT2D eigenvalue weighted by Gasteiger charge is -2.17. The van der Waals surface area contributed by atoms with Crippen LogP contribution in [0.15, 0.2) is 30.3 Å². The van der Waals surface area contributed by atoms with Gasteiger partial charge in [0, 0.05) is 42.6 Å². The molecule has 6 heteroatoms. The maximum atomic E-state index is 12.2. The molecule has 4 rings (SSSR count). The number of aromatic nitrogens is 2. The number of nitrogens with one attached hydrogen (secondary N) is 2. The van der Waals surface area contributed by atoms with Crippen LogP contribution in [0.25, 0.3) is 0 Å². The Balaban J connectivity index is 1.32. The smallest absolute Gasteiger partial charge is 0.229 e. The summed E-state index contributed by atoms with van der Waals surface area (Å²) in [6.45, 7) is 4.12. The van der Waals surface area contributed by atoms with Crippen molar-refractivity contribution in [2.24, 2.45) is 5.92 Å². The molecule has 1 saturated carbocycles. The highest BCUT2D eigenvalue weighted by Gasteiger charge is 2.17. The van der Waals surface area contributed by atoms with E-state index in [1.165, 1.54) is 38.5 Å². The lowest BCUT2D eigenvalue weighted by Crippen LogP contribution is -2.19. The molecule has 0 radical (unpaired) electrons. The van der Waals surface area contributed by atoms with Crippen molar-refractivity contribution < 1.29 is 4.79 Å². The summed E-state index contributed by atoms with van der Waals surface area (Å²) in [5.41, 5.74) is 2.69. The molecule has 1 amide bonds. The summed E-state index contributed by atoms with van der Waals surface area (Å²) in [4.78, 5) is 23.7. The molecular formula is C23H31N5O. The monoisotopic (exact) mass is 393 g/mol. The van der Waals surface area contributed by atoms with Crippen LogP contribution in [0.2, 0.25) is 0 Å². The standard InChI is InChI=1S/C23H31N5O/c1-17-16-21(28-14-4-5-15-28)27-23(24-17)26-20-11-9-19(10-12-20)25-22(29)13-8-18-6-2-3-7-18/h9-12,16,18H,2-8,13-15H2,1H3,(H,25,29)(H,24,26,27). The molecule has 2 heterocycles. The normalized spacial score (nSPS) is 16.9. The molecule has 1 aliphatic carbocycles. The maximum absolute atomic E-state index is 12.2. The van der Waals surface area contributed by atoms with Crippen molar-refractivity contribution in [1.29, 1.82) is 0 Å². The van der Waals surface area contributed by atoms with Crippen LogP contribution in [0.3, 0.4) is 0 Å². The van der Waals surface area contributed by atoms with Gasteiger partial charge < -0.3 is 15.5 Å². The first kappa shape index (κ1) is 19.7. The molecule has 1 aliphatic heterocycles. The van der Waals surface area contributed by atoms with Crippen molar-refractivity contribution in [2.45, 2.75) is 58.3 Å². The second kappa shape index (κ2) is 9.25. The highest BCUT2D eigenvalue weighted by molar-refractivity contribution is 5.90. The number of carbonyl (C=O) groups excluding carboxylic acids is 1. The van der Waals surface area contributed by atoms with Crippen molar-refractivity contribution in [3.05, 3.63) is 36.0 Å². The van der Waals surface area contributed by atoms with Gasteiger partial charge >= 0.3 is 0 Å². The molecule has 0 bridgehead atoms. The summed E-state index contributed by atoms with van der Waals surface area (Å²) in [7, 11) is 0. The second-order valence-electron chi connectivity index (χ2n) is 8.32. The Labute approximate surface area is 173 Å². The SMILES string of the molecule is Cc1cc(N2CCCC2)nc(Nc2ccc(NC(=O)CCC3CCCC3)cc2)n1. The molecule has 29 heavy (non-hydrogen) atoms. The summed E-state index contributed by atoms with van der Waals surface area (Å²) in [5.74, 6) is 2.45. The van der Waals surface area contributed by atoms with E-state index in [1.54, 1.807) is 0 Å². The zero-order chi connectivity index (χ0) is 20.1. The van der Waals surface area contributed by atoms with Gasteiger partial charge in [-0.1, -0.05) is 25.7 Å². The molecule has 0 atom stereocenters. The van der Waals surface area contributed by atoms with E-state index in [0.717, 1.165) is 48.3 Å². The zero-order valence-electron chi connectivity index (χ0n) is 17.3. The minimum Gasteiger partial charge on any atom is -0.356 e. The fourth-order valence-electron chi connectivity index (χ4n) is 4.34. The number of hydrogen-bond donors (Lipinski definition) is 2. The van der Waals surface area contributed by atoms with Crippen molar-refractivity contribution in [1.82, 2.24) is 9.97 Å². The Morgan fingerprint density at radius 1 is 1.03 bits per heavy atom. The average Bonchev–Trinajstić information content (AvgIpc) is 3.42.